The van der Waals surface area contributed by atoms with E-state index in [1.807, 2.05) is 24.3 Å². The standard InChI is InChI=1S/C15H12BrN3O2/c1-10-13(14-17-7-4-8-19(14)18-10)15(20)21-9-11-5-2-3-6-12(11)16/h2-8H,9H2,1H3. The molecule has 0 spiro atoms. The Hall–Kier alpha value is -2.21. The van der Waals surface area contributed by atoms with Gasteiger partial charge in [-0.25, -0.2) is 14.3 Å². The molecule has 0 amide bonds. The number of halogens is 1. The molecule has 0 aliphatic heterocycles. The van der Waals surface area contributed by atoms with Crippen LogP contribution in [0.5, 0.6) is 0 Å². The fraction of sp³-hybridized carbons (Fsp3) is 0.133. The lowest BCUT2D eigenvalue weighted by Gasteiger charge is -2.06. The summed E-state index contributed by atoms with van der Waals surface area (Å²) in [6, 6.07) is 9.38. The average Bonchev–Trinajstić information content (AvgIpc) is 2.82. The van der Waals surface area contributed by atoms with Crippen molar-refractivity contribution in [2.45, 2.75) is 13.5 Å². The Labute approximate surface area is 129 Å². The largest absolute Gasteiger partial charge is 0.457 e. The van der Waals surface area contributed by atoms with E-state index in [1.54, 1.807) is 29.9 Å². The number of hydrogen-bond acceptors (Lipinski definition) is 4. The molecule has 0 aliphatic carbocycles. The smallest absolute Gasteiger partial charge is 0.344 e. The predicted octanol–water partition coefficient (Wildman–Crippen LogP) is 3.16. The van der Waals surface area contributed by atoms with Crippen molar-refractivity contribution in [1.29, 1.82) is 0 Å². The van der Waals surface area contributed by atoms with Crippen LogP contribution in [0.2, 0.25) is 0 Å². The molecule has 106 valence electrons. The Balaban J connectivity index is 1.85. The van der Waals surface area contributed by atoms with Crippen molar-refractivity contribution in [2.24, 2.45) is 0 Å². The summed E-state index contributed by atoms with van der Waals surface area (Å²) in [5, 5.41) is 4.25. The summed E-state index contributed by atoms with van der Waals surface area (Å²) in [6.07, 6.45) is 3.38. The van der Waals surface area contributed by atoms with E-state index >= 15 is 0 Å². The molecule has 0 atom stereocenters. The van der Waals surface area contributed by atoms with Crippen molar-refractivity contribution in [3.05, 3.63) is 64.0 Å². The molecule has 2 aromatic heterocycles. The van der Waals surface area contributed by atoms with Crippen LogP contribution in [0.3, 0.4) is 0 Å². The highest BCUT2D eigenvalue weighted by Gasteiger charge is 2.19. The molecule has 3 aromatic rings. The average molecular weight is 346 g/mol. The van der Waals surface area contributed by atoms with Gasteiger partial charge in [-0.2, -0.15) is 5.10 Å². The first-order valence-electron chi connectivity index (χ1n) is 6.37. The Morgan fingerprint density at radius 1 is 1.33 bits per heavy atom. The fourth-order valence-corrected chi connectivity index (χ4v) is 2.47. The van der Waals surface area contributed by atoms with Crippen LogP contribution in [0.4, 0.5) is 0 Å². The summed E-state index contributed by atoms with van der Waals surface area (Å²) < 4.78 is 7.86. The van der Waals surface area contributed by atoms with E-state index in [9.17, 15) is 4.79 Å². The maximum absolute atomic E-state index is 12.3. The summed E-state index contributed by atoms with van der Waals surface area (Å²) in [4.78, 5) is 16.5. The molecule has 3 rings (SSSR count). The van der Waals surface area contributed by atoms with Gasteiger partial charge in [-0.05, 0) is 19.1 Å². The summed E-state index contributed by atoms with van der Waals surface area (Å²) in [5.74, 6) is -0.419. The molecule has 5 nitrogen and oxygen atoms in total. The molecule has 0 saturated heterocycles. The van der Waals surface area contributed by atoms with Crippen LogP contribution in [0.1, 0.15) is 21.6 Å². The van der Waals surface area contributed by atoms with Crippen molar-refractivity contribution in [3.8, 4) is 0 Å². The van der Waals surface area contributed by atoms with Gasteiger partial charge in [0.05, 0.1) is 5.69 Å². The minimum absolute atomic E-state index is 0.198. The molecule has 0 radical (unpaired) electrons. The number of ether oxygens (including phenoxy) is 1. The zero-order valence-corrected chi connectivity index (χ0v) is 12.9. The summed E-state index contributed by atoms with van der Waals surface area (Å²) >= 11 is 3.43. The minimum Gasteiger partial charge on any atom is -0.457 e. The van der Waals surface area contributed by atoms with Crippen molar-refractivity contribution in [2.75, 3.05) is 0 Å². The van der Waals surface area contributed by atoms with Gasteiger partial charge in [0.25, 0.3) is 0 Å². The molecule has 0 saturated carbocycles. The van der Waals surface area contributed by atoms with Crippen molar-refractivity contribution in [3.63, 3.8) is 0 Å². The van der Waals surface area contributed by atoms with Crippen LogP contribution >= 0.6 is 15.9 Å². The van der Waals surface area contributed by atoms with Crippen LogP contribution in [-0.2, 0) is 11.3 Å². The molecule has 0 aliphatic rings. The highest BCUT2D eigenvalue weighted by Crippen LogP contribution is 2.19. The van der Waals surface area contributed by atoms with Gasteiger partial charge < -0.3 is 4.74 Å². The third-order valence-electron chi connectivity index (χ3n) is 3.09. The quantitative estimate of drug-likeness (QED) is 0.684. The van der Waals surface area contributed by atoms with Gasteiger partial charge in [0.15, 0.2) is 5.65 Å². The number of aromatic nitrogens is 3. The minimum atomic E-state index is -0.419. The zero-order chi connectivity index (χ0) is 14.8. The fourth-order valence-electron chi connectivity index (χ4n) is 2.07. The normalized spacial score (nSPS) is 10.8. The Morgan fingerprint density at radius 3 is 2.95 bits per heavy atom. The molecule has 0 fully saturated rings. The second kappa shape index (κ2) is 5.65. The van der Waals surface area contributed by atoms with Gasteiger partial charge in [0, 0.05) is 22.4 Å². The van der Waals surface area contributed by atoms with E-state index in [0.29, 0.717) is 16.9 Å². The van der Waals surface area contributed by atoms with Crippen LogP contribution < -0.4 is 0 Å². The molecule has 2 heterocycles. The molecule has 0 bridgehead atoms. The monoisotopic (exact) mass is 345 g/mol. The summed E-state index contributed by atoms with van der Waals surface area (Å²) in [7, 11) is 0. The number of carbonyl (C=O) groups is 1. The highest BCUT2D eigenvalue weighted by atomic mass is 79.9. The maximum Gasteiger partial charge on any atom is 0.344 e. The van der Waals surface area contributed by atoms with Gasteiger partial charge >= 0.3 is 5.97 Å². The Bertz CT molecular complexity index is 814. The number of nitrogens with zero attached hydrogens (tertiary/aromatic N) is 3. The van der Waals surface area contributed by atoms with Crippen molar-refractivity contribution < 1.29 is 9.53 Å². The molecule has 1 aromatic carbocycles. The van der Waals surface area contributed by atoms with E-state index in [2.05, 4.69) is 26.0 Å². The molecular formula is C15H12BrN3O2. The third kappa shape index (κ3) is 2.67. The number of fused-ring (bicyclic) bond motifs is 1. The van der Waals surface area contributed by atoms with Gasteiger partial charge in [-0.1, -0.05) is 34.1 Å². The highest BCUT2D eigenvalue weighted by molar-refractivity contribution is 9.10. The molecule has 21 heavy (non-hydrogen) atoms. The lowest BCUT2D eigenvalue weighted by molar-refractivity contribution is 0.0473. The van der Waals surface area contributed by atoms with Crippen LogP contribution in [0.15, 0.2) is 47.2 Å². The maximum atomic E-state index is 12.3. The van der Waals surface area contributed by atoms with E-state index < -0.39 is 5.97 Å². The molecular weight excluding hydrogens is 334 g/mol. The number of aryl methyl sites for hydroxylation is 1. The lowest BCUT2D eigenvalue weighted by atomic mass is 10.2. The molecule has 0 N–H and O–H groups in total. The van der Waals surface area contributed by atoms with Crippen LogP contribution in [0.25, 0.3) is 5.65 Å². The van der Waals surface area contributed by atoms with Gasteiger partial charge in [0.2, 0.25) is 0 Å². The number of rotatable bonds is 3. The van der Waals surface area contributed by atoms with Crippen molar-refractivity contribution in [1.82, 2.24) is 14.6 Å². The van der Waals surface area contributed by atoms with E-state index in [4.69, 9.17) is 4.74 Å². The summed E-state index contributed by atoms with van der Waals surface area (Å²) in [6.45, 7) is 1.97. The second-order valence-corrected chi connectivity index (χ2v) is 5.37. The number of esters is 1. The van der Waals surface area contributed by atoms with E-state index in [1.165, 1.54) is 0 Å². The number of benzene rings is 1. The first-order chi connectivity index (χ1) is 10.2. The Morgan fingerprint density at radius 2 is 2.14 bits per heavy atom. The SMILES string of the molecule is Cc1nn2cccnc2c1C(=O)OCc1ccccc1Br. The second-order valence-electron chi connectivity index (χ2n) is 4.52. The lowest BCUT2D eigenvalue weighted by Crippen LogP contribution is -2.07. The number of carbonyl (C=O) groups excluding carboxylic acids is 1. The third-order valence-corrected chi connectivity index (χ3v) is 3.86. The summed E-state index contributed by atoms with van der Waals surface area (Å²) in [5.41, 5.74) is 2.42. The van der Waals surface area contributed by atoms with Gasteiger partial charge in [-0.15, -0.1) is 0 Å². The van der Waals surface area contributed by atoms with Gasteiger partial charge in [0.1, 0.15) is 12.2 Å². The van der Waals surface area contributed by atoms with Crippen LogP contribution in [0, 0.1) is 6.92 Å². The topological polar surface area (TPSA) is 56.5 Å². The molecule has 6 heteroatoms. The zero-order valence-electron chi connectivity index (χ0n) is 11.3. The van der Waals surface area contributed by atoms with Gasteiger partial charge in [-0.3, -0.25) is 0 Å². The Kier molecular flexibility index (Phi) is 3.70. The van der Waals surface area contributed by atoms with E-state index in [-0.39, 0.29) is 6.61 Å². The molecule has 0 unspecified atom stereocenters. The number of hydrogen-bond donors (Lipinski definition) is 0. The first-order valence-corrected chi connectivity index (χ1v) is 7.16. The van der Waals surface area contributed by atoms with Crippen LogP contribution in [-0.4, -0.2) is 20.6 Å². The van der Waals surface area contributed by atoms with Crippen molar-refractivity contribution >= 4 is 27.5 Å². The first kappa shape index (κ1) is 13.8. The predicted molar refractivity (Wildman–Crippen MR) is 81.0 cm³/mol. The van der Waals surface area contributed by atoms with E-state index in [0.717, 1.165) is 10.0 Å².